The Hall–Kier alpha value is -0.940. The smallest absolute Gasteiger partial charge is 0.163 e. The molecule has 0 spiro atoms. The van der Waals surface area contributed by atoms with E-state index in [-0.39, 0.29) is 0 Å². The van der Waals surface area contributed by atoms with Crippen molar-refractivity contribution in [3.63, 3.8) is 0 Å². The molecule has 0 aliphatic carbocycles. The van der Waals surface area contributed by atoms with Gasteiger partial charge in [-0.05, 0) is 13.8 Å². The Kier molecular flexibility index (Phi) is 1.62. The topological polar surface area (TPSA) is 57.4 Å². The number of nitrogens with zero attached hydrogens (tertiary/aromatic N) is 2. The van der Waals surface area contributed by atoms with E-state index in [1.807, 2.05) is 13.8 Å². The van der Waals surface area contributed by atoms with Crippen LogP contribution in [0.2, 0.25) is 0 Å². The molecule has 66 valence electrons. The van der Waals surface area contributed by atoms with Gasteiger partial charge in [-0.15, -0.1) is 0 Å². The van der Waals surface area contributed by atoms with Crippen LogP contribution in [0.5, 0.6) is 0 Å². The molecule has 2 rings (SSSR count). The lowest BCUT2D eigenvalue weighted by Gasteiger charge is -2.21. The number of hydrogen-bond acceptors (Lipinski definition) is 5. The van der Waals surface area contributed by atoms with Gasteiger partial charge in [0.2, 0.25) is 0 Å². The molecule has 1 aliphatic rings. The highest BCUT2D eigenvalue weighted by Crippen LogP contribution is 2.21. The van der Waals surface area contributed by atoms with Crippen molar-refractivity contribution in [2.45, 2.75) is 32.8 Å². The highest BCUT2D eigenvalue weighted by atomic mass is 16.7. The summed E-state index contributed by atoms with van der Waals surface area (Å²) in [6.07, 6.45) is 0. The molecule has 1 aliphatic heterocycles. The Balaban J connectivity index is 2.21. The van der Waals surface area contributed by atoms with Gasteiger partial charge in [-0.2, -0.15) is 0 Å². The van der Waals surface area contributed by atoms with E-state index in [4.69, 9.17) is 9.47 Å². The highest BCUT2D eigenvalue weighted by Gasteiger charge is 2.26. The third-order valence-electron chi connectivity index (χ3n) is 1.75. The summed E-state index contributed by atoms with van der Waals surface area (Å²) in [5, 5.41) is 7.38. The van der Waals surface area contributed by atoms with Crippen molar-refractivity contribution >= 4 is 0 Å². The van der Waals surface area contributed by atoms with Crippen molar-refractivity contribution in [2.24, 2.45) is 0 Å². The highest BCUT2D eigenvalue weighted by molar-refractivity contribution is 5.05. The van der Waals surface area contributed by atoms with E-state index in [2.05, 4.69) is 14.9 Å². The number of fused-ring (bicyclic) bond motifs is 1. The van der Waals surface area contributed by atoms with Crippen LogP contribution in [0.4, 0.5) is 0 Å². The van der Waals surface area contributed by atoms with Gasteiger partial charge in [0.25, 0.3) is 0 Å². The molecule has 0 aromatic carbocycles. The summed E-state index contributed by atoms with van der Waals surface area (Å²) in [5.74, 6) is -0.560. The van der Waals surface area contributed by atoms with E-state index in [9.17, 15) is 0 Å². The Morgan fingerprint density at radius 2 is 1.58 bits per heavy atom. The lowest BCUT2D eigenvalue weighted by Crippen LogP contribution is -2.25. The second-order valence-electron chi connectivity index (χ2n) is 3.13. The van der Waals surface area contributed by atoms with Crippen molar-refractivity contribution in [3.8, 4) is 0 Å². The average molecular weight is 170 g/mol. The lowest BCUT2D eigenvalue weighted by atomic mass is 10.3. The van der Waals surface area contributed by atoms with Gasteiger partial charge in [0.05, 0.1) is 13.2 Å². The number of hydrogen-bond donors (Lipinski definition) is 0. The van der Waals surface area contributed by atoms with Crippen molar-refractivity contribution < 1.29 is 14.1 Å². The first-order chi connectivity index (χ1) is 5.67. The first-order valence-electron chi connectivity index (χ1n) is 3.76. The minimum Gasteiger partial charge on any atom is -0.344 e. The fourth-order valence-electron chi connectivity index (χ4n) is 0.970. The standard InChI is InChI=1S/C7H10N2O3/c1-7(2)10-3-5-6(4-11-7)9-12-8-5/h3-4H2,1-2H3. The maximum Gasteiger partial charge on any atom is 0.163 e. The molecule has 0 amide bonds. The van der Waals surface area contributed by atoms with E-state index >= 15 is 0 Å². The maximum absolute atomic E-state index is 5.39. The molecule has 0 saturated heterocycles. The van der Waals surface area contributed by atoms with Crippen molar-refractivity contribution in [3.05, 3.63) is 11.4 Å². The number of aromatic nitrogens is 2. The fraction of sp³-hybridized carbons (Fsp3) is 0.714. The molecule has 0 bridgehead atoms. The first-order valence-corrected chi connectivity index (χ1v) is 3.76. The zero-order valence-corrected chi connectivity index (χ0v) is 7.03. The molecule has 0 atom stereocenters. The van der Waals surface area contributed by atoms with Crippen LogP contribution in [0, 0.1) is 0 Å². The van der Waals surface area contributed by atoms with Gasteiger partial charge < -0.3 is 9.47 Å². The summed E-state index contributed by atoms with van der Waals surface area (Å²) in [6.45, 7) is 4.50. The zero-order valence-electron chi connectivity index (χ0n) is 7.03. The van der Waals surface area contributed by atoms with Crippen molar-refractivity contribution in [2.75, 3.05) is 0 Å². The third-order valence-corrected chi connectivity index (χ3v) is 1.75. The lowest BCUT2D eigenvalue weighted by molar-refractivity contribution is -0.221. The first kappa shape index (κ1) is 7.70. The van der Waals surface area contributed by atoms with Crippen LogP contribution in [0.15, 0.2) is 4.63 Å². The van der Waals surface area contributed by atoms with E-state index < -0.39 is 5.79 Å². The second-order valence-corrected chi connectivity index (χ2v) is 3.13. The summed E-state index contributed by atoms with van der Waals surface area (Å²) in [6, 6.07) is 0. The van der Waals surface area contributed by atoms with Gasteiger partial charge in [-0.3, -0.25) is 0 Å². The predicted molar refractivity (Wildman–Crippen MR) is 38.0 cm³/mol. The Bertz CT molecular complexity index is 257. The Labute approximate surface area is 69.6 Å². The van der Waals surface area contributed by atoms with Crippen LogP contribution in [0.3, 0.4) is 0 Å². The van der Waals surface area contributed by atoms with E-state index in [1.54, 1.807) is 0 Å². The van der Waals surface area contributed by atoms with Crippen LogP contribution < -0.4 is 0 Å². The second kappa shape index (κ2) is 2.53. The average Bonchev–Trinajstić information content (AvgIpc) is 2.40. The summed E-state index contributed by atoms with van der Waals surface area (Å²) in [5.41, 5.74) is 1.45. The molecule has 5 nitrogen and oxygen atoms in total. The van der Waals surface area contributed by atoms with Gasteiger partial charge >= 0.3 is 0 Å². The molecular weight excluding hydrogens is 160 g/mol. The third kappa shape index (κ3) is 1.33. The molecule has 0 radical (unpaired) electrons. The minimum atomic E-state index is -0.560. The van der Waals surface area contributed by atoms with Gasteiger partial charge in [-0.1, -0.05) is 10.3 Å². The van der Waals surface area contributed by atoms with Crippen molar-refractivity contribution in [1.29, 1.82) is 0 Å². The van der Waals surface area contributed by atoms with Gasteiger partial charge in [0.15, 0.2) is 5.79 Å². The van der Waals surface area contributed by atoms with Crippen LogP contribution in [-0.4, -0.2) is 16.1 Å². The minimum absolute atomic E-state index is 0.395. The molecule has 5 heteroatoms. The molecule has 1 aromatic heterocycles. The summed E-state index contributed by atoms with van der Waals surface area (Å²) in [7, 11) is 0. The summed E-state index contributed by atoms with van der Waals surface area (Å²) >= 11 is 0. The van der Waals surface area contributed by atoms with E-state index in [1.165, 1.54) is 0 Å². The van der Waals surface area contributed by atoms with Crippen LogP contribution in [-0.2, 0) is 22.7 Å². The van der Waals surface area contributed by atoms with Crippen molar-refractivity contribution in [1.82, 2.24) is 10.3 Å². The molecule has 0 saturated carbocycles. The van der Waals surface area contributed by atoms with Gasteiger partial charge in [-0.25, -0.2) is 4.63 Å². The molecule has 0 N–H and O–H groups in total. The fourth-order valence-corrected chi connectivity index (χ4v) is 0.970. The Morgan fingerprint density at radius 1 is 1.08 bits per heavy atom. The van der Waals surface area contributed by atoms with Crippen LogP contribution in [0.1, 0.15) is 25.2 Å². The van der Waals surface area contributed by atoms with Crippen LogP contribution >= 0.6 is 0 Å². The quantitative estimate of drug-likeness (QED) is 0.577. The van der Waals surface area contributed by atoms with Gasteiger partial charge in [0, 0.05) is 0 Å². The largest absolute Gasteiger partial charge is 0.344 e. The van der Waals surface area contributed by atoms with Crippen LogP contribution in [0.25, 0.3) is 0 Å². The van der Waals surface area contributed by atoms with E-state index in [0.717, 1.165) is 11.4 Å². The molecule has 2 heterocycles. The monoisotopic (exact) mass is 170 g/mol. The summed E-state index contributed by atoms with van der Waals surface area (Å²) in [4.78, 5) is 0. The Morgan fingerprint density at radius 3 is 2.08 bits per heavy atom. The number of rotatable bonds is 0. The molecule has 0 unspecified atom stereocenters. The maximum atomic E-state index is 5.39. The zero-order chi connectivity index (χ0) is 8.60. The normalized spacial score (nSPS) is 21.5. The SMILES string of the molecule is CC1(C)OCc2nonc2CO1. The number of ether oxygens (including phenoxy) is 2. The molecule has 0 fully saturated rings. The molecule has 1 aromatic rings. The van der Waals surface area contributed by atoms with Gasteiger partial charge in [0.1, 0.15) is 11.4 Å². The molecular formula is C7H10N2O3. The predicted octanol–water partition coefficient (Wildman–Crippen LogP) is 0.853. The molecule has 12 heavy (non-hydrogen) atoms. The summed E-state index contributed by atoms with van der Waals surface area (Å²) < 4.78 is 15.3. The van der Waals surface area contributed by atoms with E-state index in [0.29, 0.717) is 13.2 Å².